The molecule has 0 radical (unpaired) electrons. The molecule has 2 rings (SSSR count). The molecule has 0 spiro atoms. The Morgan fingerprint density at radius 3 is 2.67 bits per heavy atom. The summed E-state index contributed by atoms with van der Waals surface area (Å²) in [5.74, 6) is 0. The first-order valence-electron chi connectivity index (χ1n) is 5.35. The summed E-state index contributed by atoms with van der Waals surface area (Å²) in [6, 6.07) is 7.27. The molecule has 1 aromatic carbocycles. The maximum absolute atomic E-state index is 10.2. The van der Waals surface area contributed by atoms with Gasteiger partial charge in [0.1, 0.15) is 0 Å². The molecule has 0 aliphatic heterocycles. The van der Waals surface area contributed by atoms with E-state index in [2.05, 4.69) is 15.9 Å². The Labute approximate surface area is 128 Å². The summed E-state index contributed by atoms with van der Waals surface area (Å²) in [4.78, 5) is 0.926. The molecule has 1 heterocycles. The lowest BCUT2D eigenvalue weighted by molar-refractivity contribution is 0.182. The van der Waals surface area contributed by atoms with Crippen molar-refractivity contribution < 1.29 is 5.11 Å². The predicted molar refractivity (Wildman–Crippen MR) is 81.9 cm³/mol. The zero-order valence-corrected chi connectivity index (χ0v) is 13.5. The summed E-state index contributed by atoms with van der Waals surface area (Å²) in [6.07, 6.45) is -0.0952. The summed E-state index contributed by atoms with van der Waals surface area (Å²) in [5.41, 5.74) is 1.99. The van der Waals surface area contributed by atoms with E-state index in [1.54, 1.807) is 29.5 Å². The standard InChI is InChI=1S/C13H11BrCl2OS/c1-7-4-12(18-13(7)14)11(17)6-8-5-9(15)2-3-10(8)16/h2-5,11,17H,6H2,1H3. The van der Waals surface area contributed by atoms with E-state index in [1.165, 1.54) is 0 Å². The van der Waals surface area contributed by atoms with Crippen LogP contribution in [0.2, 0.25) is 10.0 Å². The molecule has 0 aliphatic rings. The number of rotatable bonds is 3. The Hall–Kier alpha value is -0.0600. The zero-order valence-electron chi connectivity index (χ0n) is 9.58. The van der Waals surface area contributed by atoms with Gasteiger partial charge in [0.25, 0.3) is 0 Å². The first kappa shape index (κ1) is 14.4. The average molecular weight is 366 g/mol. The van der Waals surface area contributed by atoms with Crippen LogP contribution in [0.1, 0.15) is 22.1 Å². The number of benzene rings is 1. The fourth-order valence-corrected chi connectivity index (χ4v) is 3.60. The molecule has 0 saturated heterocycles. The number of hydrogen-bond donors (Lipinski definition) is 1. The van der Waals surface area contributed by atoms with Crippen molar-refractivity contribution in [3.8, 4) is 0 Å². The molecule has 0 saturated carbocycles. The first-order valence-corrected chi connectivity index (χ1v) is 7.71. The minimum absolute atomic E-state index is 0.464. The maximum atomic E-state index is 10.2. The van der Waals surface area contributed by atoms with Crippen LogP contribution in [0.5, 0.6) is 0 Å². The maximum Gasteiger partial charge on any atom is 0.0923 e. The van der Waals surface area contributed by atoms with E-state index < -0.39 is 6.10 Å². The fourth-order valence-electron chi connectivity index (χ4n) is 1.66. The molecule has 0 aliphatic carbocycles. The lowest BCUT2D eigenvalue weighted by atomic mass is 10.1. The first-order chi connectivity index (χ1) is 8.47. The van der Waals surface area contributed by atoms with Gasteiger partial charge in [-0.15, -0.1) is 11.3 Å². The van der Waals surface area contributed by atoms with Crippen molar-refractivity contribution in [2.75, 3.05) is 0 Å². The Morgan fingerprint density at radius 2 is 2.06 bits per heavy atom. The minimum Gasteiger partial charge on any atom is -0.387 e. The zero-order chi connectivity index (χ0) is 13.3. The van der Waals surface area contributed by atoms with Crippen molar-refractivity contribution in [1.29, 1.82) is 0 Å². The van der Waals surface area contributed by atoms with Gasteiger partial charge in [-0.3, -0.25) is 0 Å². The number of hydrogen-bond acceptors (Lipinski definition) is 2. The predicted octanol–water partition coefficient (Wildman–Crippen LogP) is 5.40. The van der Waals surface area contributed by atoms with E-state index >= 15 is 0 Å². The summed E-state index contributed by atoms with van der Waals surface area (Å²) < 4.78 is 1.05. The molecule has 18 heavy (non-hydrogen) atoms. The lowest BCUT2D eigenvalue weighted by Gasteiger charge is -2.10. The second-order valence-corrected chi connectivity index (χ2v) is 7.31. The quantitative estimate of drug-likeness (QED) is 0.771. The smallest absolute Gasteiger partial charge is 0.0923 e. The SMILES string of the molecule is Cc1cc(C(O)Cc2cc(Cl)ccc2Cl)sc1Br. The third kappa shape index (κ3) is 3.28. The molecule has 1 N–H and O–H groups in total. The van der Waals surface area contributed by atoms with Crippen LogP contribution in [0.25, 0.3) is 0 Å². The molecule has 1 atom stereocenters. The second-order valence-electron chi connectivity index (χ2n) is 4.06. The molecule has 96 valence electrons. The topological polar surface area (TPSA) is 20.2 Å². The van der Waals surface area contributed by atoms with Crippen LogP contribution in [-0.2, 0) is 6.42 Å². The van der Waals surface area contributed by atoms with Gasteiger partial charge < -0.3 is 5.11 Å². The van der Waals surface area contributed by atoms with E-state index in [-0.39, 0.29) is 0 Å². The molecular weight excluding hydrogens is 355 g/mol. The lowest BCUT2D eigenvalue weighted by Crippen LogP contribution is -2.00. The second kappa shape index (κ2) is 5.93. The minimum atomic E-state index is -0.559. The summed E-state index contributed by atoms with van der Waals surface area (Å²) in [6.45, 7) is 2.00. The molecule has 2 aromatic rings. The number of aliphatic hydroxyl groups excluding tert-OH is 1. The Kier molecular flexibility index (Phi) is 4.73. The van der Waals surface area contributed by atoms with Crippen molar-refractivity contribution >= 4 is 50.5 Å². The third-order valence-corrected chi connectivity index (χ3v) is 5.47. The Bertz CT molecular complexity index is 549. The van der Waals surface area contributed by atoms with E-state index in [1.807, 2.05) is 13.0 Å². The van der Waals surface area contributed by atoms with E-state index in [4.69, 9.17) is 23.2 Å². The normalized spacial score (nSPS) is 12.7. The Balaban J connectivity index is 2.20. The van der Waals surface area contributed by atoms with Crippen LogP contribution in [0, 0.1) is 6.92 Å². The third-order valence-electron chi connectivity index (χ3n) is 2.63. The van der Waals surface area contributed by atoms with E-state index in [0.717, 1.165) is 19.8 Å². The number of aryl methyl sites for hydroxylation is 1. The van der Waals surface area contributed by atoms with Crippen LogP contribution < -0.4 is 0 Å². The van der Waals surface area contributed by atoms with Gasteiger partial charge in [-0.1, -0.05) is 23.2 Å². The van der Waals surface area contributed by atoms with E-state index in [9.17, 15) is 5.11 Å². The highest BCUT2D eigenvalue weighted by Crippen LogP contribution is 2.34. The van der Waals surface area contributed by atoms with Crippen molar-refractivity contribution in [1.82, 2.24) is 0 Å². The molecule has 5 heteroatoms. The number of halogens is 3. The van der Waals surface area contributed by atoms with Crippen LogP contribution in [-0.4, -0.2) is 5.11 Å². The van der Waals surface area contributed by atoms with Gasteiger partial charge in [0, 0.05) is 21.3 Å². The largest absolute Gasteiger partial charge is 0.387 e. The van der Waals surface area contributed by atoms with E-state index in [0.29, 0.717) is 16.5 Å². The highest BCUT2D eigenvalue weighted by molar-refractivity contribution is 9.11. The Morgan fingerprint density at radius 1 is 1.33 bits per heavy atom. The molecular formula is C13H11BrCl2OS. The van der Waals surface area contributed by atoms with Gasteiger partial charge in [-0.2, -0.15) is 0 Å². The number of aliphatic hydroxyl groups is 1. The van der Waals surface area contributed by atoms with Crippen molar-refractivity contribution in [2.24, 2.45) is 0 Å². The molecule has 1 aromatic heterocycles. The summed E-state index contributed by atoms with van der Waals surface area (Å²) in [7, 11) is 0. The van der Waals surface area contributed by atoms with Crippen LogP contribution in [0.4, 0.5) is 0 Å². The number of thiophene rings is 1. The monoisotopic (exact) mass is 364 g/mol. The van der Waals surface area contributed by atoms with Crippen LogP contribution in [0.3, 0.4) is 0 Å². The average Bonchev–Trinajstić information content (AvgIpc) is 2.64. The molecule has 0 fully saturated rings. The van der Waals surface area contributed by atoms with Gasteiger partial charge in [-0.25, -0.2) is 0 Å². The molecule has 1 unspecified atom stereocenters. The highest BCUT2D eigenvalue weighted by Gasteiger charge is 2.14. The highest BCUT2D eigenvalue weighted by atomic mass is 79.9. The van der Waals surface area contributed by atoms with Crippen molar-refractivity contribution in [3.63, 3.8) is 0 Å². The van der Waals surface area contributed by atoms with Gasteiger partial charge >= 0.3 is 0 Å². The van der Waals surface area contributed by atoms with Gasteiger partial charge in [0.15, 0.2) is 0 Å². The van der Waals surface area contributed by atoms with Crippen LogP contribution >= 0.6 is 50.5 Å². The fraction of sp³-hybridized carbons (Fsp3) is 0.231. The summed E-state index contributed by atoms with van der Waals surface area (Å²) in [5, 5.41) is 11.5. The van der Waals surface area contributed by atoms with Crippen molar-refractivity contribution in [2.45, 2.75) is 19.4 Å². The van der Waals surface area contributed by atoms with Gasteiger partial charge in [-0.05, 0) is 58.2 Å². The summed E-state index contributed by atoms with van der Waals surface area (Å²) >= 11 is 17.0. The molecule has 1 nitrogen and oxygen atoms in total. The van der Waals surface area contributed by atoms with Gasteiger partial charge in [0.2, 0.25) is 0 Å². The molecule has 0 bridgehead atoms. The van der Waals surface area contributed by atoms with Crippen LogP contribution in [0.15, 0.2) is 28.1 Å². The van der Waals surface area contributed by atoms with Crippen molar-refractivity contribution in [3.05, 3.63) is 54.1 Å². The van der Waals surface area contributed by atoms with Gasteiger partial charge in [0.05, 0.1) is 9.89 Å². The molecule has 0 amide bonds.